The van der Waals surface area contributed by atoms with Gasteiger partial charge in [0.25, 0.3) is 5.56 Å². The monoisotopic (exact) mass is 328 g/mol. The average molecular weight is 328 g/mol. The van der Waals surface area contributed by atoms with Crippen LogP contribution in [0.3, 0.4) is 0 Å². The maximum absolute atomic E-state index is 12.1. The number of aromatic nitrogens is 5. The van der Waals surface area contributed by atoms with Gasteiger partial charge in [0.05, 0.1) is 6.33 Å². The first-order valence-corrected chi connectivity index (χ1v) is 7.25. The van der Waals surface area contributed by atoms with Crippen LogP contribution in [0.5, 0.6) is 0 Å². The average Bonchev–Trinajstić information content (AvgIpc) is 3.01. The minimum absolute atomic E-state index is 0.0444. The van der Waals surface area contributed by atoms with Crippen molar-refractivity contribution < 1.29 is 4.79 Å². The Kier molecular flexibility index (Phi) is 3.98. The van der Waals surface area contributed by atoms with Gasteiger partial charge in [-0.05, 0) is 11.6 Å². The van der Waals surface area contributed by atoms with Crippen molar-refractivity contribution in [3.8, 4) is 0 Å². The molecule has 0 aliphatic carbocycles. The number of rotatable bonds is 4. The number of imidazole rings is 1. The molecule has 0 bridgehead atoms. The standard InChI is InChI=1S/C15H16N6O3/c1-19-13-12(14(23)20(2)15(19)24)18-9-21(13)8-11(22)17-7-10-4-3-5-16-6-10/h3-6,9H,7-8H2,1-2H3,(H,17,22). The Balaban J connectivity index is 1.84. The summed E-state index contributed by atoms with van der Waals surface area (Å²) in [6.07, 6.45) is 4.71. The van der Waals surface area contributed by atoms with E-state index in [1.807, 2.05) is 6.07 Å². The van der Waals surface area contributed by atoms with E-state index in [-0.39, 0.29) is 18.0 Å². The first-order valence-electron chi connectivity index (χ1n) is 7.25. The van der Waals surface area contributed by atoms with E-state index in [2.05, 4.69) is 15.3 Å². The summed E-state index contributed by atoms with van der Waals surface area (Å²) in [7, 11) is 2.93. The molecule has 9 nitrogen and oxygen atoms in total. The van der Waals surface area contributed by atoms with Gasteiger partial charge < -0.3 is 9.88 Å². The third kappa shape index (κ3) is 2.71. The maximum atomic E-state index is 12.1. The van der Waals surface area contributed by atoms with Crippen molar-refractivity contribution in [2.45, 2.75) is 13.1 Å². The Labute approximate surface area is 136 Å². The van der Waals surface area contributed by atoms with E-state index in [0.29, 0.717) is 12.2 Å². The highest BCUT2D eigenvalue weighted by atomic mass is 16.2. The summed E-state index contributed by atoms with van der Waals surface area (Å²) in [4.78, 5) is 44.2. The number of carbonyl (C=O) groups excluding carboxylic acids is 1. The van der Waals surface area contributed by atoms with Gasteiger partial charge in [0.2, 0.25) is 5.91 Å². The molecular formula is C15H16N6O3. The van der Waals surface area contributed by atoms with Crippen LogP contribution in [0.2, 0.25) is 0 Å². The lowest BCUT2D eigenvalue weighted by molar-refractivity contribution is -0.121. The zero-order valence-electron chi connectivity index (χ0n) is 13.3. The molecule has 9 heteroatoms. The summed E-state index contributed by atoms with van der Waals surface area (Å²) in [5.41, 5.74) is 0.398. The molecule has 124 valence electrons. The highest BCUT2D eigenvalue weighted by Crippen LogP contribution is 2.05. The number of fused-ring (bicyclic) bond motifs is 1. The Morgan fingerprint density at radius 2 is 2.04 bits per heavy atom. The van der Waals surface area contributed by atoms with Crippen LogP contribution in [0.15, 0.2) is 40.4 Å². The van der Waals surface area contributed by atoms with Crippen LogP contribution in [0.25, 0.3) is 11.2 Å². The van der Waals surface area contributed by atoms with Gasteiger partial charge in [-0.1, -0.05) is 6.07 Å². The summed E-state index contributed by atoms with van der Waals surface area (Å²) in [6.45, 7) is 0.303. The quantitative estimate of drug-likeness (QED) is 0.671. The lowest BCUT2D eigenvalue weighted by Gasteiger charge is -2.09. The van der Waals surface area contributed by atoms with Crippen LogP contribution in [-0.4, -0.2) is 29.6 Å². The predicted octanol–water partition coefficient (Wildman–Crippen LogP) is -0.855. The smallest absolute Gasteiger partial charge is 0.332 e. The number of pyridine rings is 1. The van der Waals surface area contributed by atoms with Gasteiger partial charge in [-0.15, -0.1) is 0 Å². The van der Waals surface area contributed by atoms with E-state index in [4.69, 9.17) is 0 Å². The summed E-state index contributed by atoms with van der Waals surface area (Å²) in [6, 6.07) is 3.64. The van der Waals surface area contributed by atoms with Crippen molar-refractivity contribution in [2.24, 2.45) is 14.1 Å². The van der Waals surface area contributed by atoms with E-state index in [9.17, 15) is 14.4 Å². The van der Waals surface area contributed by atoms with Gasteiger partial charge >= 0.3 is 5.69 Å². The topological polar surface area (TPSA) is 104 Å². The summed E-state index contributed by atoms with van der Waals surface area (Å²) in [5, 5.41) is 2.76. The molecular weight excluding hydrogens is 312 g/mol. The Morgan fingerprint density at radius 3 is 2.75 bits per heavy atom. The molecule has 1 amide bonds. The fraction of sp³-hybridized carbons (Fsp3) is 0.267. The number of hydrogen-bond donors (Lipinski definition) is 1. The Hall–Kier alpha value is -3.23. The van der Waals surface area contributed by atoms with Crippen molar-refractivity contribution in [3.05, 3.63) is 57.3 Å². The Bertz CT molecular complexity index is 1020. The van der Waals surface area contributed by atoms with Crippen molar-refractivity contribution in [2.75, 3.05) is 0 Å². The molecule has 0 atom stereocenters. The number of amides is 1. The molecule has 0 unspecified atom stereocenters. The summed E-state index contributed by atoms with van der Waals surface area (Å²) in [5.74, 6) is -0.258. The molecule has 0 aromatic carbocycles. The summed E-state index contributed by atoms with van der Waals surface area (Å²) >= 11 is 0. The van der Waals surface area contributed by atoms with Gasteiger partial charge in [-0.25, -0.2) is 9.78 Å². The number of carbonyl (C=O) groups is 1. The number of aryl methyl sites for hydroxylation is 1. The summed E-state index contributed by atoms with van der Waals surface area (Å²) < 4.78 is 3.77. The van der Waals surface area contributed by atoms with Crippen molar-refractivity contribution in [1.82, 2.24) is 29.0 Å². The largest absolute Gasteiger partial charge is 0.350 e. The van der Waals surface area contributed by atoms with Crippen LogP contribution in [-0.2, 0) is 32.0 Å². The molecule has 0 radical (unpaired) electrons. The van der Waals surface area contributed by atoms with E-state index in [1.165, 1.54) is 29.6 Å². The number of nitrogens with one attached hydrogen (secondary N) is 1. The third-order valence-electron chi connectivity index (χ3n) is 3.74. The molecule has 3 aromatic rings. The molecule has 3 rings (SSSR count). The van der Waals surface area contributed by atoms with Crippen LogP contribution in [0.4, 0.5) is 0 Å². The zero-order chi connectivity index (χ0) is 17.3. The highest BCUT2D eigenvalue weighted by molar-refractivity contribution is 5.78. The van der Waals surface area contributed by atoms with E-state index < -0.39 is 11.2 Å². The minimum Gasteiger partial charge on any atom is -0.350 e. The second-order valence-corrected chi connectivity index (χ2v) is 5.39. The normalized spacial score (nSPS) is 10.9. The fourth-order valence-corrected chi connectivity index (χ4v) is 2.47. The van der Waals surface area contributed by atoms with Gasteiger partial charge in [-0.3, -0.25) is 23.7 Å². The van der Waals surface area contributed by atoms with Crippen molar-refractivity contribution >= 4 is 17.1 Å². The lowest BCUT2D eigenvalue weighted by Crippen LogP contribution is -2.37. The van der Waals surface area contributed by atoms with Gasteiger partial charge in [0.15, 0.2) is 5.52 Å². The van der Waals surface area contributed by atoms with E-state index >= 15 is 0 Å². The van der Waals surface area contributed by atoms with Crippen LogP contribution < -0.4 is 16.6 Å². The third-order valence-corrected chi connectivity index (χ3v) is 3.74. The second kappa shape index (κ2) is 6.11. The van der Waals surface area contributed by atoms with Crippen LogP contribution >= 0.6 is 0 Å². The molecule has 0 aliphatic rings. The number of nitrogens with zero attached hydrogens (tertiary/aromatic N) is 5. The van der Waals surface area contributed by atoms with E-state index in [0.717, 1.165) is 10.1 Å². The van der Waals surface area contributed by atoms with Gasteiger partial charge in [0, 0.05) is 33.0 Å². The zero-order valence-corrected chi connectivity index (χ0v) is 13.3. The highest BCUT2D eigenvalue weighted by Gasteiger charge is 2.15. The first-order chi connectivity index (χ1) is 11.5. The predicted molar refractivity (Wildman–Crippen MR) is 86.3 cm³/mol. The van der Waals surface area contributed by atoms with Crippen LogP contribution in [0, 0.1) is 0 Å². The molecule has 24 heavy (non-hydrogen) atoms. The molecule has 1 N–H and O–H groups in total. The van der Waals surface area contributed by atoms with E-state index in [1.54, 1.807) is 18.5 Å². The second-order valence-electron chi connectivity index (χ2n) is 5.39. The van der Waals surface area contributed by atoms with Crippen LogP contribution in [0.1, 0.15) is 5.56 Å². The van der Waals surface area contributed by atoms with Gasteiger partial charge in [-0.2, -0.15) is 0 Å². The van der Waals surface area contributed by atoms with Gasteiger partial charge in [0.1, 0.15) is 12.2 Å². The SMILES string of the molecule is Cn1c(=O)c2ncn(CC(=O)NCc3cccnc3)c2n(C)c1=O. The maximum Gasteiger partial charge on any atom is 0.332 e. The lowest BCUT2D eigenvalue weighted by atomic mass is 10.3. The molecule has 0 aliphatic heterocycles. The van der Waals surface area contributed by atoms with Crippen molar-refractivity contribution in [3.63, 3.8) is 0 Å². The molecule has 0 spiro atoms. The molecule has 0 saturated heterocycles. The first kappa shape index (κ1) is 15.7. The Morgan fingerprint density at radius 1 is 1.25 bits per heavy atom. The molecule has 0 fully saturated rings. The molecule has 0 saturated carbocycles. The minimum atomic E-state index is -0.484. The molecule has 3 heterocycles. The van der Waals surface area contributed by atoms with Crippen molar-refractivity contribution in [1.29, 1.82) is 0 Å². The number of hydrogen-bond acceptors (Lipinski definition) is 5. The molecule has 3 aromatic heterocycles. The fourth-order valence-electron chi connectivity index (χ4n) is 2.47.